The topological polar surface area (TPSA) is 75.7 Å². The maximum atomic E-state index is 13.1. The number of imide groups is 1. The van der Waals surface area contributed by atoms with E-state index in [9.17, 15) is 18.8 Å². The van der Waals surface area contributed by atoms with Gasteiger partial charge in [0.15, 0.2) is 0 Å². The summed E-state index contributed by atoms with van der Waals surface area (Å²) in [7, 11) is 0. The molecule has 184 valence electrons. The van der Waals surface area contributed by atoms with Crippen LogP contribution >= 0.6 is 50.9 Å². The van der Waals surface area contributed by atoms with Crippen molar-refractivity contribution in [3.05, 3.63) is 97.0 Å². The number of halogens is 4. The number of benzene rings is 3. The van der Waals surface area contributed by atoms with E-state index in [1.54, 1.807) is 36.4 Å². The van der Waals surface area contributed by atoms with Gasteiger partial charge in [-0.2, -0.15) is 0 Å². The Morgan fingerprint density at radius 3 is 2.53 bits per heavy atom. The highest BCUT2D eigenvalue weighted by Gasteiger charge is 2.36. The summed E-state index contributed by atoms with van der Waals surface area (Å²) in [5, 5.41) is 2.80. The number of anilines is 1. The maximum Gasteiger partial charge on any atom is 0.294 e. The van der Waals surface area contributed by atoms with Gasteiger partial charge in [-0.15, -0.1) is 0 Å². The number of hydrogen-bond donors (Lipinski definition) is 1. The van der Waals surface area contributed by atoms with Gasteiger partial charge in [-0.25, -0.2) is 4.39 Å². The van der Waals surface area contributed by atoms with Crippen LogP contribution in [0, 0.1) is 5.82 Å². The summed E-state index contributed by atoms with van der Waals surface area (Å²) >= 11 is 16.2. The van der Waals surface area contributed by atoms with Crippen LogP contribution in [0.2, 0.25) is 10.0 Å². The summed E-state index contributed by atoms with van der Waals surface area (Å²) in [6, 6.07) is 15.6. The van der Waals surface area contributed by atoms with E-state index in [1.807, 2.05) is 0 Å². The number of nitrogens with one attached hydrogen (secondary N) is 1. The second-order valence-electron chi connectivity index (χ2n) is 7.54. The Hall–Kier alpha value is -2.85. The number of thioether (sulfide) groups is 1. The van der Waals surface area contributed by atoms with Crippen molar-refractivity contribution < 1.29 is 23.5 Å². The van der Waals surface area contributed by atoms with Gasteiger partial charge in [0.05, 0.1) is 15.0 Å². The monoisotopic (exact) mass is 608 g/mol. The second kappa shape index (κ2) is 11.5. The average Bonchev–Trinajstić information content (AvgIpc) is 3.09. The first-order chi connectivity index (χ1) is 17.2. The molecule has 36 heavy (non-hydrogen) atoms. The molecule has 0 radical (unpaired) electrons. The molecule has 3 amide bonds. The first kappa shape index (κ1) is 26.2. The van der Waals surface area contributed by atoms with Gasteiger partial charge in [-0.3, -0.25) is 19.3 Å². The van der Waals surface area contributed by atoms with Crippen LogP contribution in [0.1, 0.15) is 11.1 Å². The lowest BCUT2D eigenvalue weighted by Crippen LogP contribution is -2.36. The van der Waals surface area contributed by atoms with Gasteiger partial charge in [0.2, 0.25) is 5.91 Å². The van der Waals surface area contributed by atoms with Crippen LogP contribution in [0.25, 0.3) is 6.08 Å². The van der Waals surface area contributed by atoms with E-state index in [4.69, 9.17) is 27.9 Å². The standard InChI is InChI=1S/C25H16BrCl2FN2O4S/c26-16-2-8-21(35-13-14-1-7-19(27)20(28)9-14)15(10-16)11-22-24(33)31(25(34)36-22)12-23(32)30-18-5-3-17(29)4-6-18/h1-11H,12-13H2,(H,30,32)/b22-11-. The summed E-state index contributed by atoms with van der Waals surface area (Å²) in [4.78, 5) is 38.7. The Bertz CT molecular complexity index is 1380. The first-order valence-corrected chi connectivity index (χ1v) is 12.7. The molecule has 3 aromatic carbocycles. The largest absolute Gasteiger partial charge is 0.488 e. The third-order valence-electron chi connectivity index (χ3n) is 4.94. The first-order valence-electron chi connectivity index (χ1n) is 10.4. The fourth-order valence-corrected chi connectivity index (χ4v) is 4.74. The summed E-state index contributed by atoms with van der Waals surface area (Å²) < 4.78 is 19.7. The molecule has 4 rings (SSSR count). The normalized spacial score (nSPS) is 14.4. The van der Waals surface area contributed by atoms with Crippen molar-refractivity contribution in [1.82, 2.24) is 4.90 Å². The molecule has 1 N–H and O–H groups in total. The lowest BCUT2D eigenvalue weighted by atomic mass is 10.1. The second-order valence-corrected chi connectivity index (χ2v) is 10.3. The third-order valence-corrected chi connectivity index (χ3v) is 7.08. The van der Waals surface area contributed by atoms with Gasteiger partial charge in [-0.05, 0) is 78.0 Å². The Morgan fingerprint density at radius 1 is 1.06 bits per heavy atom. The van der Waals surface area contributed by atoms with E-state index in [0.717, 1.165) is 26.7 Å². The molecular weight excluding hydrogens is 594 g/mol. The fraction of sp³-hybridized carbons (Fsp3) is 0.0800. The Balaban J connectivity index is 1.48. The zero-order valence-corrected chi connectivity index (χ0v) is 22.2. The molecule has 3 aromatic rings. The van der Waals surface area contributed by atoms with E-state index in [1.165, 1.54) is 30.3 Å². The predicted octanol–water partition coefficient (Wildman–Crippen LogP) is 7.15. The molecule has 0 bridgehead atoms. The van der Waals surface area contributed by atoms with Gasteiger partial charge in [0.1, 0.15) is 24.7 Å². The molecular formula is C25H16BrCl2FN2O4S. The zero-order valence-electron chi connectivity index (χ0n) is 18.3. The quantitative estimate of drug-likeness (QED) is 0.288. The fourth-order valence-electron chi connectivity index (χ4n) is 3.21. The number of carbonyl (C=O) groups excluding carboxylic acids is 3. The number of amides is 3. The number of ether oxygens (including phenoxy) is 1. The van der Waals surface area contributed by atoms with Crippen molar-refractivity contribution in [1.29, 1.82) is 0 Å². The molecule has 0 aromatic heterocycles. The van der Waals surface area contributed by atoms with Gasteiger partial charge in [0, 0.05) is 15.7 Å². The minimum atomic E-state index is -0.602. The zero-order chi connectivity index (χ0) is 25.8. The van der Waals surface area contributed by atoms with E-state index >= 15 is 0 Å². The highest BCUT2D eigenvalue weighted by atomic mass is 79.9. The summed E-state index contributed by atoms with van der Waals surface area (Å²) in [6.07, 6.45) is 1.54. The number of rotatable bonds is 7. The molecule has 11 heteroatoms. The molecule has 0 saturated carbocycles. The van der Waals surface area contributed by atoms with Crippen LogP contribution in [0.15, 0.2) is 70.0 Å². The van der Waals surface area contributed by atoms with Crippen LogP contribution in [-0.4, -0.2) is 28.5 Å². The van der Waals surface area contributed by atoms with Crippen LogP contribution in [-0.2, 0) is 16.2 Å². The van der Waals surface area contributed by atoms with E-state index in [0.29, 0.717) is 27.0 Å². The van der Waals surface area contributed by atoms with Crippen molar-refractivity contribution in [3.8, 4) is 5.75 Å². The Labute approximate surface area is 228 Å². The van der Waals surface area contributed by atoms with Gasteiger partial charge in [-0.1, -0.05) is 45.2 Å². The molecule has 0 spiro atoms. The van der Waals surface area contributed by atoms with E-state index in [-0.39, 0.29) is 11.5 Å². The average molecular weight is 610 g/mol. The van der Waals surface area contributed by atoms with Crippen molar-refractivity contribution >= 4 is 79.7 Å². The van der Waals surface area contributed by atoms with Gasteiger partial charge in [0.25, 0.3) is 11.1 Å². The lowest BCUT2D eigenvalue weighted by Gasteiger charge is -2.13. The van der Waals surface area contributed by atoms with Crippen molar-refractivity contribution in [2.45, 2.75) is 6.61 Å². The highest BCUT2D eigenvalue weighted by molar-refractivity contribution is 9.10. The molecule has 1 saturated heterocycles. The predicted molar refractivity (Wildman–Crippen MR) is 143 cm³/mol. The molecule has 1 aliphatic rings. The molecule has 1 aliphatic heterocycles. The van der Waals surface area contributed by atoms with Gasteiger partial charge >= 0.3 is 0 Å². The minimum Gasteiger partial charge on any atom is -0.488 e. The number of hydrogen-bond acceptors (Lipinski definition) is 5. The summed E-state index contributed by atoms with van der Waals surface area (Å²) in [5.74, 6) is -1.16. The molecule has 1 heterocycles. The molecule has 0 atom stereocenters. The minimum absolute atomic E-state index is 0.145. The molecule has 0 aliphatic carbocycles. The Kier molecular flexibility index (Phi) is 8.35. The van der Waals surface area contributed by atoms with Crippen molar-refractivity contribution in [2.24, 2.45) is 0 Å². The van der Waals surface area contributed by atoms with Crippen LogP contribution in [0.5, 0.6) is 5.75 Å². The van der Waals surface area contributed by atoms with Crippen LogP contribution in [0.4, 0.5) is 14.9 Å². The molecule has 6 nitrogen and oxygen atoms in total. The SMILES string of the molecule is O=C(CN1C(=O)S/C(=C\c2cc(Br)ccc2OCc2ccc(Cl)c(Cl)c2)C1=O)Nc1ccc(F)cc1. The van der Waals surface area contributed by atoms with E-state index < -0.39 is 29.4 Å². The summed E-state index contributed by atoms with van der Waals surface area (Å²) in [5.41, 5.74) is 1.71. The van der Waals surface area contributed by atoms with Gasteiger partial charge < -0.3 is 10.1 Å². The Morgan fingerprint density at radius 2 is 1.81 bits per heavy atom. The van der Waals surface area contributed by atoms with E-state index in [2.05, 4.69) is 21.2 Å². The highest BCUT2D eigenvalue weighted by Crippen LogP contribution is 2.35. The number of nitrogens with zero attached hydrogens (tertiary/aromatic N) is 1. The van der Waals surface area contributed by atoms with Crippen molar-refractivity contribution in [2.75, 3.05) is 11.9 Å². The van der Waals surface area contributed by atoms with Crippen LogP contribution < -0.4 is 10.1 Å². The maximum absolute atomic E-state index is 13.1. The smallest absolute Gasteiger partial charge is 0.294 e. The third kappa shape index (κ3) is 6.47. The van der Waals surface area contributed by atoms with Crippen LogP contribution in [0.3, 0.4) is 0 Å². The molecule has 1 fully saturated rings. The number of carbonyl (C=O) groups is 3. The lowest BCUT2D eigenvalue weighted by molar-refractivity contribution is -0.127. The van der Waals surface area contributed by atoms with Crippen molar-refractivity contribution in [3.63, 3.8) is 0 Å². The molecule has 0 unspecified atom stereocenters. The summed E-state index contributed by atoms with van der Waals surface area (Å²) in [6.45, 7) is -0.275.